The van der Waals surface area contributed by atoms with Crippen LogP contribution in [0.2, 0.25) is 0 Å². The smallest absolute Gasteiger partial charge is 0.214 e. The molecule has 2 fully saturated rings. The lowest BCUT2D eigenvalue weighted by Crippen LogP contribution is -2.47. The van der Waals surface area contributed by atoms with E-state index in [1.165, 1.54) is 19.3 Å². The van der Waals surface area contributed by atoms with Crippen LogP contribution >= 0.6 is 0 Å². The third kappa shape index (κ3) is 3.01. The average molecular weight is 260 g/mol. The summed E-state index contributed by atoms with van der Waals surface area (Å²) in [6, 6.07) is 0. The van der Waals surface area contributed by atoms with Crippen LogP contribution in [0.25, 0.3) is 0 Å². The van der Waals surface area contributed by atoms with Gasteiger partial charge in [-0.05, 0) is 50.6 Å². The first-order valence-corrected chi connectivity index (χ1v) is 8.32. The quantitative estimate of drug-likeness (QED) is 0.782. The van der Waals surface area contributed by atoms with Gasteiger partial charge in [0, 0.05) is 6.54 Å². The molecule has 1 saturated heterocycles. The first-order chi connectivity index (χ1) is 8.08. The molecular weight excluding hydrogens is 236 g/mol. The fraction of sp³-hybridized carbons (Fsp3) is 1.00. The Balaban J connectivity index is 1.88. The molecule has 1 aliphatic heterocycles. The Morgan fingerprint density at radius 3 is 2.41 bits per heavy atom. The van der Waals surface area contributed by atoms with Gasteiger partial charge in [0.25, 0.3) is 0 Å². The van der Waals surface area contributed by atoms with Gasteiger partial charge in [-0.2, -0.15) is 0 Å². The van der Waals surface area contributed by atoms with Crippen molar-refractivity contribution < 1.29 is 8.42 Å². The van der Waals surface area contributed by atoms with Crippen molar-refractivity contribution in [2.24, 2.45) is 5.41 Å². The zero-order chi connectivity index (χ0) is 12.4. The number of nitrogens with one attached hydrogen (secondary N) is 2. The van der Waals surface area contributed by atoms with Crippen molar-refractivity contribution in [3.8, 4) is 0 Å². The highest BCUT2D eigenvalue weighted by Crippen LogP contribution is 2.43. The molecule has 0 aromatic rings. The van der Waals surface area contributed by atoms with E-state index in [4.69, 9.17) is 0 Å². The molecule has 0 unspecified atom stereocenters. The number of piperidine rings is 1. The summed E-state index contributed by atoms with van der Waals surface area (Å²) in [5.74, 6) is 0. The second kappa shape index (κ2) is 5.24. The zero-order valence-corrected chi connectivity index (χ0v) is 11.5. The van der Waals surface area contributed by atoms with Crippen molar-refractivity contribution >= 4 is 10.0 Å². The number of sulfonamides is 1. The molecule has 0 atom stereocenters. The summed E-state index contributed by atoms with van der Waals surface area (Å²) in [6.45, 7) is 4.46. The molecule has 0 amide bonds. The summed E-state index contributed by atoms with van der Waals surface area (Å²) in [4.78, 5) is 0. The first-order valence-electron chi connectivity index (χ1n) is 6.77. The highest BCUT2D eigenvalue weighted by atomic mass is 32.2. The normalized spacial score (nSPS) is 25.5. The first kappa shape index (κ1) is 13.3. The highest BCUT2D eigenvalue weighted by Gasteiger charge is 2.37. The van der Waals surface area contributed by atoms with E-state index >= 15 is 0 Å². The summed E-state index contributed by atoms with van der Waals surface area (Å²) in [5.41, 5.74) is 0.264. The zero-order valence-electron chi connectivity index (χ0n) is 10.7. The number of hydrogen-bond donors (Lipinski definition) is 2. The molecule has 0 radical (unpaired) electrons. The highest BCUT2D eigenvalue weighted by molar-refractivity contribution is 7.90. The fourth-order valence-electron chi connectivity index (χ4n) is 2.81. The number of rotatable bonds is 5. The minimum atomic E-state index is -3.09. The van der Waals surface area contributed by atoms with Crippen LogP contribution in [0.1, 0.15) is 45.4 Å². The predicted octanol–water partition coefficient (Wildman–Crippen LogP) is 1.24. The van der Waals surface area contributed by atoms with Gasteiger partial charge in [-0.3, -0.25) is 0 Å². The van der Waals surface area contributed by atoms with Crippen LogP contribution < -0.4 is 10.0 Å². The van der Waals surface area contributed by atoms with Crippen LogP contribution in [0, 0.1) is 5.41 Å². The van der Waals surface area contributed by atoms with E-state index in [2.05, 4.69) is 17.0 Å². The molecule has 2 N–H and O–H groups in total. The average Bonchev–Trinajstić information content (AvgIpc) is 2.29. The van der Waals surface area contributed by atoms with E-state index in [1.807, 2.05) is 0 Å². The Morgan fingerprint density at radius 2 is 1.94 bits per heavy atom. The Labute approximate surface area is 105 Å². The fourth-order valence-corrected chi connectivity index (χ4v) is 4.41. The second-order valence-electron chi connectivity index (χ2n) is 5.52. The lowest BCUT2D eigenvalue weighted by molar-refractivity contribution is 0.132. The maximum atomic E-state index is 12.1. The lowest BCUT2D eigenvalue weighted by atomic mass is 9.67. The van der Waals surface area contributed by atoms with Crippen LogP contribution in [-0.4, -0.2) is 33.3 Å². The minimum absolute atomic E-state index is 0.183. The van der Waals surface area contributed by atoms with Crippen molar-refractivity contribution in [2.75, 3.05) is 19.6 Å². The molecule has 1 heterocycles. The van der Waals surface area contributed by atoms with Gasteiger partial charge in [0.05, 0.1) is 5.25 Å². The Kier molecular flexibility index (Phi) is 4.10. The van der Waals surface area contributed by atoms with Crippen molar-refractivity contribution in [2.45, 2.75) is 50.7 Å². The Hall–Kier alpha value is -0.130. The van der Waals surface area contributed by atoms with E-state index in [0.29, 0.717) is 6.54 Å². The van der Waals surface area contributed by atoms with Crippen LogP contribution in [0.15, 0.2) is 0 Å². The molecule has 0 spiro atoms. The van der Waals surface area contributed by atoms with Crippen LogP contribution in [0.4, 0.5) is 0 Å². The lowest BCUT2D eigenvalue weighted by Gasteiger charge is -2.41. The molecule has 0 bridgehead atoms. The molecule has 5 heteroatoms. The minimum Gasteiger partial charge on any atom is -0.317 e. The summed E-state index contributed by atoms with van der Waals surface area (Å²) >= 11 is 0. The molecule has 1 saturated carbocycles. The van der Waals surface area contributed by atoms with Crippen LogP contribution in [-0.2, 0) is 10.0 Å². The second-order valence-corrected chi connectivity index (χ2v) is 7.57. The van der Waals surface area contributed by atoms with E-state index in [1.54, 1.807) is 0 Å². The summed E-state index contributed by atoms with van der Waals surface area (Å²) < 4.78 is 27.2. The summed E-state index contributed by atoms with van der Waals surface area (Å²) in [7, 11) is -3.09. The molecule has 100 valence electrons. The van der Waals surface area contributed by atoms with E-state index in [0.717, 1.165) is 32.4 Å². The molecular formula is C12H24N2O2S. The maximum absolute atomic E-state index is 12.1. The van der Waals surface area contributed by atoms with Crippen molar-refractivity contribution in [1.29, 1.82) is 0 Å². The molecule has 0 aromatic heterocycles. The summed E-state index contributed by atoms with van der Waals surface area (Å²) in [6.07, 6.45) is 6.18. The third-order valence-corrected chi connectivity index (χ3v) is 6.43. The molecule has 1 aliphatic carbocycles. The number of hydrogen-bond acceptors (Lipinski definition) is 3. The monoisotopic (exact) mass is 260 g/mol. The van der Waals surface area contributed by atoms with Gasteiger partial charge in [0.1, 0.15) is 0 Å². The van der Waals surface area contributed by atoms with E-state index in [-0.39, 0.29) is 10.7 Å². The van der Waals surface area contributed by atoms with Crippen LogP contribution in [0.3, 0.4) is 0 Å². The maximum Gasteiger partial charge on any atom is 0.214 e. The molecule has 0 aromatic carbocycles. The largest absolute Gasteiger partial charge is 0.317 e. The molecule has 4 nitrogen and oxygen atoms in total. The molecule has 2 rings (SSSR count). The third-order valence-electron chi connectivity index (χ3n) is 4.54. The van der Waals surface area contributed by atoms with Gasteiger partial charge in [0.15, 0.2) is 0 Å². The molecule has 2 aliphatic rings. The Morgan fingerprint density at radius 1 is 1.29 bits per heavy atom. The van der Waals surface area contributed by atoms with Gasteiger partial charge < -0.3 is 5.32 Å². The van der Waals surface area contributed by atoms with Gasteiger partial charge in [-0.25, -0.2) is 13.1 Å². The van der Waals surface area contributed by atoms with Crippen molar-refractivity contribution in [1.82, 2.24) is 10.0 Å². The van der Waals surface area contributed by atoms with Gasteiger partial charge >= 0.3 is 0 Å². The van der Waals surface area contributed by atoms with Gasteiger partial charge in [-0.15, -0.1) is 0 Å². The van der Waals surface area contributed by atoms with E-state index in [9.17, 15) is 8.42 Å². The van der Waals surface area contributed by atoms with E-state index < -0.39 is 10.0 Å². The van der Waals surface area contributed by atoms with Gasteiger partial charge in [0.2, 0.25) is 10.0 Å². The van der Waals surface area contributed by atoms with Gasteiger partial charge in [-0.1, -0.05) is 13.3 Å². The van der Waals surface area contributed by atoms with Crippen molar-refractivity contribution in [3.63, 3.8) is 0 Å². The topological polar surface area (TPSA) is 58.2 Å². The summed E-state index contributed by atoms with van der Waals surface area (Å²) in [5, 5.41) is 3.02. The standard InChI is InChI=1S/C12H24N2O2S/c1-2-12(6-3-7-12)10-14-17(15,16)11-4-8-13-9-5-11/h11,13-14H,2-10H2,1H3. The Bertz CT molecular complexity index is 338. The molecule has 17 heavy (non-hydrogen) atoms. The predicted molar refractivity (Wildman–Crippen MR) is 69.4 cm³/mol. The van der Waals surface area contributed by atoms with Crippen molar-refractivity contribution in [3.05, 3.63) is 0 Å². The van der Waals surface area contributed by atoms with Crippen LogP contribution in [0.5, 0.6) is 0 Å². The SMILES string of the molecule is CCC1(CNS(=O)(=O)C2CCNCC2)CCC1.